The van der Waals surface area contributed by atoms with E-state index in [-0.39, 0.29) is 5.41 Å². The van der Waals surface area contributed by atoms with Gasteiger partial charge in [-0.05, 0) is 17.3 Å². The number of hydrogen-bond acceptors (Lipinski definition) is 2. The number of urea groups is 1. The number of nitrogens with one attached hydrogen (secondary N) is 2. The van der Waals surface area contributed by atoms with Crippen molar-refractivity contribution >= 4 is 12.0 Å². The topological polar surface area (TPSA) is 78.4 Å². The summed E-state index contributed by atoms with van der Waals surface area (Å²) in [5.41, 5.74) is -0.378. The minimum atomic E-state index is -1.02. The van der Waals surface area contributed by atoms with Crippen molar-refractivity contribution in [3.63, 3.8) is 0 Å². The zero-order valence-corrected chi connectivity index (χ0v) is 12.3. The van der Waals surface area contributed by atoms with E-state index in [9.17, 15) is 9.59 Å². The summed E-state index contributed by atoms with van der Waals surface area (Å²) in [6.07, 6.45) is 0.841. The van der Waals surface area contributed by atoms with Crippen LogP contribution in [0.2, 0.25) is 0 Å². The number of rotatable bonds is 4. The lowest BCUT2D eigenvalue weighted by Crippen LogP contribution is -2.52. The molecule has 0 unspecified atom stereocenters. The molecule has 0 radical (unpaired) electrons. The van der Waals surface area contributed by atoms with Crippen molar-refractivity contribution < 1.29 is 14.7 Å². The Bertz CT molecular complexity index is 300. The predicted molar refractivity (Wildman–Crippen MR) is 71.5 cm³/mol. The fourth-order valence-corrected chi connectivity index (χ4v) is 1.38. The van der Waals surface area contributed by atoms with Crippen LogP contribution in [-0.4, -0.2) is 29.7 Å². The monoisotopic (exact) mass is 258 g/mol. The SMILES string of the molecule is CC(C)(C)CCNC(=O)N[C@@H](C(=O)O)C(C)(C)C. The van der Waals surface area contributed by atoms with Gasteiger partial charge < -0.3 is 15.7 Å². The molecule has 0 fully saturated rings. The summed E-state index contributed by atoms with van der Waals surface area (Å²) in [5, 5.41) is 14.2. The summed E-state index contributed by atoms with van der Waals surface area (Å²) < 4.78 is 0. The second-order valence-electron chi connectivity index (χ2n) is 6.85. The van der Waals surface area contributed by atoms with Gasteiger partial charge in [0.2, 0.25) is 0 Å². The van der Waals surface area contributed by atoms with Gasteiger partial charge in [-0.25, -0.2) is 9.59 Å². The van der Waals surface area contributed by atoms with Gasteiger partial charge in [0.25, 0.3) is 0 Å². The molecule has 1 atom stereocenters. The molecule has 106 valence electrons. The van der Waals surface area contributed by atoms with Gasteiger partial charge in [0.15, 0.2) is 0 Å². The molecule has 0 bridgehead atoms. The van der Waals surface area contributed by atoms with Gasteiger partial charge in [0.1, 0.15) is 6.04 Å². The molecule has 0 aromatic carbocycles. The highest BCUT2D eigenvalue weighted by molar-refractivity contribution is 5.83. The van der Waals surface area contributed by atoms with E-state index in [1.807, 2.05) is 0 Å². The average molecular weight is 258 g/mol. The third-order valence-corrected chi connectivity index (χ3v) is 2.55. The molecule has 0 aliphatic heterocycles. The van der Waals surface area contributed by atoms with Crippen molar-refractivity contribution in [1.29, 1.82) is 0 Å². The van der Waals surface area contributed by atoms with Crippen LogP contribution in [0.4, 0.5) is 4.79 Å². The summed E-state index contributed by atoms with van der Waals surface area (Å²) >= 11 is 0. The summed E-state index contributed by atoms with van der Waals surface area (Å²) in [6, 6.07) is -1.33. The molecule has 2 amide bonds. The number of carboxylic acids is 1. The molecule has 0 heterocycles. The Labute approximate surface area is 109 Å². The normalized spacial score (nSPS) is 13.9. The Hall–Kier alpha value is -1.26. The van der Waals surface area contributed by atoms with Crippen molar-refractivity contribution in [2.24, 2.45) is 10.8 Å². The average Bonchev–Trinajstić information content (AvgIpc) is 2.09. The molecule has 0 aliphatic rings. The zero-order chi connectivity index (χ0) is 14.6. The number of carboxylic acid groups (broad SMARTS) is 1. The Morgan fingerprint density at radius 1 is 1.11 bits per heavy atom. The lowest BCUT2D eigenvalue weighted by atomic mass is 9.87. The van der Waals surface area contributed by atoms with Gasteiger partial charge in [-0.1, -0.05) is 41.5 Å². The van der Waals surface area contributed by atoms with Crippen LogP contribution < -0.4 is 10.6 Å². The van der Waals surface area contributed by atoms with Crippen LogP contribution in [0.5, 0.6) is 0 Å². The minimum absolute atomic E-state index is 0.142. The maximum Gasteiger partial charge on any atom is 0.326 e. The third-order valence-electron chi connectivity index (χ3n) is 2.55. The van der Waals surface area contributed by atoms with Crippen molar-refractivity contribution in [2.75, 3.05) is 6.54 Å². The molecular formula is C13H26N2O3. The highest BCUT2D eigenvalue weighted by atomic mass is 16.4. The maximum atomic E-state index is 11.6. The van der Waals surface area contributed by atoms with E-state index in [0.717, 1.165) is 6.42 Å². The molecule has 3 N–H and O–H groups in total. The number of hydrogen-bond donors (Lipinski definition) is 3. The second-order valence-corrected chi connectivity index (χ2v) is 6.85. The van der Waals surface area contributed by atoms with Crippen LogP contribution in [0, 0.1) is 10.8 Å². The fraction of sp³-hybridized carbons (Fsp3) is 0.846. The molecular weight excluding hydrogens is 232 g/mol. The number of carbonyl (C=O) groups is 2. The van der Waals surface area contributed by atoms with E-state index in [1.165, 1.54) is 0 Å². The van der Waals surface area contributed by atoms with E-state index in [1.54, 1.807) is 20.8 Å². The summed E-state index contributed by atoms with van der Waals surface area (Å²) in [7, 11) is 0. The lowest BCUT2D eigenvalue weighted by molar-refractivity contribution is -0.141. The molecule has 5 nitrogen and oxygen atoms in total. The van der Waals surface area contributed by atoms with Gasteiger partial charge in [-0.15, -0.1) is 0 Å². The van der Waals surface area contributed by atoms with Crippen molar-refractivity contribution in [1.82, 2.24) is 10.6 Å². The van der Waals surface area contributed by atoms with E-state index in [4.69, 9.17) is 5.11 Å². The van der Waals surface area contributed by atoms with Crippen LogP contribution in [0.1, 0.15) is 48.0 Å². The first-order valence-corrected chi connectivity index (χ1v) is 6.20. The second kappa shape index (κ2) is 6.07. The number of aliphatic carboxylic acids is 1. The van der Waals surface area contributed by atoms with E-state index < -0.39 is 23.5 Å². The molecule has 5 heteroatoms. The van der Waals surface area contributed by atoms with Gasteiger partial charge >= 0.3 is 12.0 Å². The largest absolute Gasteiger partial charge is 0.480 e. The smallest absolute Gasteiger partial charge is 0.326 e. The first-order chi connectivity index (χ1) is 7.93. The Morgan fingerprint density at radius 2 is 1.61 bits per heavy atom. The molecule has 0 aromatic heterocycles. The molecule has 0 saturated heterocycles. The van der Waals surface area contributed by atoms with E-state index >= 15 is 0 Å². The van der Waals surface area contributed by atoms with Crippen LogP contribution in [0.15, 0.2) is 0 Å². The minimum Gasteiger partial charge on any atom is -0.480 e. The zero-order valence-electron chi connectivity index (χ0n) is 12.3. The van der Waals surface area contributed by atoms with Crippen molar-refractivity contribution in [2.45, 2.75) is 54.0 Å². The van der Waals surface area contributed by atoms with Crippen LogP contribution in [-0.2, 0) is 4.79 Å². The van der Waals surface area contributed by atoms with E-state index in [2.05, 4.69) is 31.4 Å². The Balaban J connectivity index is 4.25. The molecule has 0 aromatic rings. The molecule has 0 saturated carbocycles. The van der Waals surface area contributed by atoms with Crippen LogP contribution in [0.25, 0.3) is 0 Å². The molecule has 18 heavy (non-hydrogen) atoms. The molecule has 0 spiro atoms. The van der Waals surface area contributed by atoms with Crippen molar-refractivity contribution in [3.8, 4) is 0 Å². The first-order valence-electron chi connectivity index (χ1n) is 6.20. The summed E-state index contributed by atoms with van der Waals surface area (Å²) in [4.78, 5) is 22.7. The van der Waals surface area contributed by atoms with Crippen LogP contribution in [0.3, 0.4) is 0 Å². The van der Waals surface area contributed by atoms with Gasteiger partial charge in [0, 0.05) is 6.54 Å². The highest BCUT2D eigenvalue weighted by Crippen LogP contribution is 2.19. The maximum absolute atomic E-state index is 11.6. The lowest BCUT2D eigenvalue weighted by Gasteiger charge is -2.28. The number of carbonyl (C=O) groups excluding carboxylic acids is 1. The molecule has 0 rings (SSSR count). The highest BCUT2D eigenvalue weighted by Gasteiger charge is 2.32. The first kappa shape index (κ1) is 16.7. The fourth-order valence-electron chi connectivity index (χ4n) is 1.38. The summed E-state index contributed by atoms with van der Waals surface area (Å²) in [6.45, 7) is 12.1. The quantitative estimate of drug-likeness (QED) is 0.723. The molecule has 0 aliphatic carbocycles. The Kier molecular flexibility index (Phi) is 5.64. The Morgan fingerprint density at radius 3 is 1.94 bits per heavy atom. The van der Waals surface area contributed by atoms with Gasteiger partial charge in [-0.2, -0.15) is 0 Å². The van der Waals surface area contributed by atoms with Gasteiger partial charge in [-0.3, -0.25) is 0 Å². The van der Waals surface area contributed by atoms with Crippen molar-refractivity contribution in [3.05, 3.63) is 0 Å². The van der Waals surface area contributed by atoms with Crippen LogP contribution >= 0.6 is 0 Å². The van der Waals surface area contributed by atoms with Gasteiger partial charge in [0.05, 0.1) is 0 Å². The predicted octanol–water partition coefficient (Wildman–Crippen LogP) is 2.22. The van der Waals surface area contributed by atoms with E-state index in [0.29, 0.717) is 6.54 Å². The standard InChI is InChI=1S/C13H26N2O3/c1-12(2,3)7-8-14-11(18)15-9(10(16)17)13(4,5)6/h9H,7-8H2,1-6H3,(H,16,17)(H2,14,15,18)/t9-/m0/s1. The third kappa shape index (κ3) is 7.14. The summed E-state index contributed by atoms with van der Waals surface area (Å²) in [5.74, 6) is -1.02. The number of amides is 2.